The minimum absolute atomic E-state index is 0.0509. The van der Waals surface area contributed by atoms with Crippen LogP contribution in [0.1, 0.15) is 13.8 Å². The van der Waals surface area contributed by atoms with Crippen LogP contribution in [0, 0.1) is 11.3 Å². The number of rotatable bonds is 2. The van der Waals surface area contributed by atoms with Crippen molar-refractivity contribution in [2.24, 2.45) is 0 Å². The Kier molecular flexibility index (Phi) is 3.68. The Bertz CT molecular complexity index is 256. The summed E-state index contributed by atoms with van der Waals surface area (Å²) in [5.41, 5.74) is 0.647. The van der Waals surface area contributed by atoms with Gasteiger partial charge in [-0.3, -0.25) is 0 Å². The highest BCUT2D eigenvalue weighted by atomic mass is 16.4. The second kappa shape index (κ2) is 4.29. The van der Waals surface area contributed by atoms with Crippen LogP contribution < -0.4 is 0 Å². The zero-order chi connectivity index (χ0) is 8.85. The average molecular weight is 151 g/mol. The summed E-state index contributed by atoms with van der Waals surface area (Å²) in [6.07, 6.45) is 2.68. The number of nitriles is 1. The van der Waals surface area contributed by atoms with Crippen LogP contribution >= 0.6 is 0 Å². The number of carboxylic acids is 1. The first-order chi connectivity index (χ1) is 5.13. The fourth-order valence-electron chi connectivity index (χ4n) is 0.564. The van der Waals surface area contributed by atoms with E-state index in [1.165, 1.54) is 0 Å². The van der Waals surface area contributed by atoms with E-state index in [-0.39, 0.29) is 5.57 Å². The van der Waals surface area contributed by atoms with Crippen LogP contribution in [-0.2, 0) is 4.79 Å². The van der Waals surface area contributed by atoms with E-state index in [2.05, 4.69) is 0 Å². The summed E-state index contributed by atoms with van der Waals surface area (Å²) in [5.74, 6) is -1.07. The van der Waals surface area contributed by atoms with Crippen molar-refractivity contribution in [3.05, 3.63) is 23.3 Å². The number of hydrogen-bond acceptors (Lipinski definition) is 2. The molecule has 0 aliphatic rings. The summed E-state index contributed by atoms with van der Waals surface area (Å²) < 4.78 is 0. The molecule has 0 radical (unpaired) electrons. The van der Waals surface area contributed by atoms with Crippen molar-refractivity contribution in [1.29, 1.82) is 5.26 Å². The average Bonchev–Trinajstić information content (AvgIpc) is 1.98. The third kappa shape index (κ3) is 2.67. The van der Waals surface area contributed by atoms with Gasteiger partial charge in [0.2, 0.25) is 0 Å². The van der Waals surface area contributed by atoms with Crippen molar-refractivity contribution in [1.82, 2.24) is 0 Å². The number of hydrogen-bond donors (Lipinski definition) is 1. The minimum Gasteiger partial charge on any atom is -0.478 e. The van der Waals surface area contributed by atoms with Crippen molar-refractivity contribution < 1.29 is 9.90 Å². The second-order valence-corrected chi connectivity index (χ2v) is 1.96. The fourth-order valence-corrected chi connectivity index (χ4v) is 0.564. The summed E-state index contributed by atoms with van der Waals surface area (Å²) in [5, 5.41) is 16.8. The number of carbonyl (C=O) groups is 1. The lowest BCUT2D eigenvalue weighted by Crippen LogP contribution is -2.01. The Morgan fingerprint density at radius 2 is 2.18 bits per heavy atom. The molecule has 0 rings (SSSR count). The van der Waals surface area contributed by atoms with Gasteiger partial charge in [-0.1, -0.05) is 6.08 Å². The van der Waals surface area contributed by atoms with Crippen molar-refractivity contribution >= 4 is 5.97 Å². The molecule has 3 nitrogen and oxygen atoms in total. The molecule has 0 fully saturated rings. The lowest BCUT2D eigenvalue weighted by atomic mass is 10.1. The summed E-state index contributed by atoms with van der Waals surface area (Å²) in [6.45, 7) is 3.38. The largest absolute Gasteiger partial charge is 0.478 e. The van der Waals surface area contributed by atoms with Gasteiger partial charge in [-0.25, -0.2) is 4.79 Å². The Labute approximate surface area is 65.3 Å². The lowest BCUT2D eigenvalue weighted by Gasteiger charge is -1.97. The summed E-state index contributed by atoms with van der Waals surface area (Å²) in [7, 11) is 0. The van der Waals surface area contributed by atoms with E-state index in [4.69, 9.17) is 10.4 Å². The van der Waals surface area contributed by atoms with Crippen LogP contribution in [0.4, 0.5) is 0 Å². The van der Waals surface area contributed by atoms with Crippen molar-refractivity contribution in [2.75, 3.05) is 0 Å². The molecular weight excluding hydrogens is 142 g/mol. The Morgan fingerprint density at radius 1 is 1.64 bits per heavy atom. The van der Waals surface area contributed by atoms with Crippen molar-refractivity contribution in [3.63, 3.8) is 0 Å². The molecule has 0 aliphatic heterocycles. The quantitative estimate of drug-likeness (QED) is 0.369. The Morgan fingerprint density at radius 3 is 2.45 bits per heavy atom. The third-order valence-electron chi connectivity index (χ3n) is 1.30. The molecule has 0 aromatic carbocycles. The molecule has 0 atom stereocenters. The molecular formula is C8H9NO2. The molecule has 3 heteroatoms. The van der Waals surface area contributed by atoms with Crippen molar-refractivity contribution in [2.45, 2.75) is 13.8 Å². The third-order valence-corrected chi connectivity index (χ3v) is 1.30. The van der Waals surface area contributed by atoms with Crippen LogP contribution in [0.5, 0.6) is 0 Å². The zero-order valence-electron chi connectivity index (χ0n) is 6.46. The van der Waals surface area contributed by atoms with Gasteiger partial charge in [0, 0.05) is 6.08 Å². The van der Waals surface area contributed by atoms with E-state index in [9.17, 15) is 4.79 Å². The molecule has 0 spiro atoms. The van der Waals surface area contributed by atoms with Gasteiger partial charge in [0.25, 0.3) is 0 Å². The molecule has 0 aromatic heterocycles. The molecule has 11 heavy (non-hydrogen) atoms. The first-order valence-corrected chi connectivity index (χ1v) is 3.09. The van der Waals surface area contributed by atoms with Crippen LogP contribution in [0.15, 0.2) is 23.3 Å². The predicted octanol–water partition coefficient (Wildman–Crippen LogP) is 1.49. The topological polar surface area (TPSA) is 61.1 Å². The van der Waals surface area contributed by atoms with E-state index >= 15 is 0 Å². The molecule has 58 valence electrons. The summed E-state index contributed by atoms with van der Waals surface area (Å²) in [6, 6.07) is 1.68. The molecule has 0 amide bonds. The number of carboxylic acid groups (broad SMARTS) is 1. The maximum Gasteiger partial charge on any atom is 0.336 e. The van der Waals surface area contributed by atoms with Crippen LogP contribution in [-0.4, -0.2) is 11.1 Å². The van der Waals surface area contributed by atoms with Gasteiger partial charge in [0.15, 0.2) is 0 Å². The first-order valence-electron chi connectivity index (χ1n) is 3.09. The Hall–Kier alpha value is -1.56. The first kappa shape index (κ1) is 9.44. The molecule has 0 unspecified atom stereocenters. The van der Waals surface area contributed by atoms with Crippen LogP contribution in [0.2, 0.25) is 0 Å². The maximum absolute atomic E-state index is 10.4. The van der Waals surface area contributed by atoms with Crippen molar-refractivity contribution in [3.8, 4) is 6.07 Å². The van der Waals surface area contributed by atoms with Gasteiger partial charge in [0.05, 0.1) is 11.6 Å². The lowest BCUT2D eigenvalue weighted by molar-refractivity contribution is -0.132. The standard InChI is InChI=1S/C8H9NO2/c1-3-6(2)7(4-5-9)8(10)11/h3-4H,1-2H3,(H,10,11). The predicted molar refractivity (Wildman–Crippen MR) is 40.8 cm³/mol. The molecule has 0 bridgehead atoms. The van der Waals surface area contributed by atoms with Gasteiger partial charge in [-0.15, -0.1) is 0 Å². The number of allylic oxidation sites excluding steroid dienone is 2. The van der Waals surface area contributed by atoms with Gasteiger partial charge in [-0.2, -0.15) is 5.26 Å². The molecule has 0 aliphatic carbocycles. The monoisotopic (exact) mass is 151 g/mol. The highest BCUT2D eigenvalue weighted by molar-refractivity contribution is 5.92. The highest BCUT2D eigenvalue weighted by Crippen LogP contribution is 2.07. The van der Waals surface area contributed by atoms with Gasteiger partial charge < -0.3 is 5.11 Å². The van der Waals surface area contributed by atoms with E-state index in [0.29, 0.717) is 5.57 Å². The Balaban J connectivity index is 4.81. The molecule has 0 aromatic rings. The zero-order valence-corrected chi connectivity index (χ0v) is 6.46. The van der Waals surface area contributed by atoms with E-state index < -0.39 is 5.97 Å². The highest BCUT2D eigenvalue weighted by Gasteiger charge is 2.07. The minimum atomic E-state index is -1.07. The second-order valence-electron chi connectivity index (χ2n) is 1.96. The molecule has 1 N–H and O–H groups in total. The van der Waals surface area contributed by atoms with Crippen LogP contribution in [0.3, 0.4) is 0 Å². The molecule has 0 saturated carbocycles. The van der Waals surface area contributed by atoms with Gasteiger partial charge >= 0.3 is 5.97 Å². The SMILES string of the molecule is CC=C(C)C(=CC#N)C(=O)O. The number of aliphatic carboxylic acids is 1. The smallest absolute Gasteiger partial charge is 0.336 e. The number of nitrogens with zero attached hydrogens (tertiary/aromatic N) is 1. The van der Waals surface area contributed by atoms with E-state index in [1.807, 2.05) is 0 Å². The van der Waals surface area contributed by atoms with E-state index in [1.54, 1.807) is 26.0 Å². The van der Waals surface area contributed by atoms with Gasteiger partial charge in [0.1, 0.15) is 0 Å². The molecule has 0 saturated heterocycles. The van der Waals surface area contributed by atoms with Gasteiger partial charge in [-0.05, 0) is 19.4 Å². The van der Waals surface area contributed by atoms with Crippen LogP contribution in [0.25, 0.3) is 0 Å². The van der Waals surface area contributed by atoms with E-state index in [0.717, 1.165) is 6.08 Å². The summed E-state index contributed by atoms with van der Waals surface area (Å²) in [4.78, 5) is 10.4. The maximum atomic E-state index is 10.4. The molecule has 0 heterocycles. The summed E-state index contributed by atoms with van der Waals surface area (Å²) >= 11 is 0. The normalized spacial score (nSPS) is 12.5. The fraction of sp³-hybridized carbons (Fsp3) is 0.250.